The summed E-state index contributed by atoms with van der Waals surface area (Å²) in [5, 5.41) is 4.02. The molecule has 3 rings (SSSR count). The molecular formula is C17H22N2O3. The fourth-order valence-electron chi connectivity index (χ4n) is 2.95. The second-order valence-corrected chi connectivity index (χ2v) is 5.97. The molecule has 1 aromatic heterocycles. The summed E-state index contributed by atoms with van der Waals surface area (Å²) in [7, 11) is 3.74. The molecule has 0 saturated carbocycles. The van der Waals surface area contributed by atoms with Gasteiger partial charge < -0.3 is 19.4 Å². The molecule has 0 atom stereocenters. The largest absolute Gasteiger partial charge is 0.497 e. The summed E-state index contributed by atoms with van der Waals surface area (Å²) in [5.41, 5.74) is 1.58. The van der Waals surface area contributed by atoms with Crippen molar-refractivity contribution in [2.75, 3.05) is 27.2 Å². The van der Waals surface area contributed by atoms with E-state index in [9.17, 15) is 4.79 Å². The molecule has 0 bridgehead atoms. The molecule has 22 heavy (non-hydrogen) atoms. The fraction of sp³-hybridized carbons (Fsp3) is 0.471. The van der Waals surface area contributed by atoms with E-state index in [1.54, 1.807) is 7.11 Å². The van der Waals surface area contributed by atoms with E-state index in [-0.39, 0.29) is 11.9 Å². The van der Waals surface area contributed by atoms with E-state index < -0.39 is 0 Å². The zero-order valence-corrected chi connectivity index (χ0v) is 13.3. The van der Waals surface area contributed by atoms with Gasteiger partial charge in [-0.2, -0.15) is 0 Å². The van der Waals surface area contributed by atoms with Gasteiger partial charge in [-0.15, -0.1) is 0 Å². The maximum atomic E-state index is 12.5. The lowest BCUT2D eigenvalue weighted by Crippen LogP contribution is -2.43. The van der Waals surface area contributed by atoms with Crippen molar-refractivity contribution >= 4 is 16.9 Å². The average molecular weight is 302 g/mol. The van der Waals surface area contributed by atoms with Gasteiger partial charge in [0.05, 0.1) is 7.11 Å². The zero-order valence-electron chi connectivity index (χ0n) is 13.3. The zero-order chi connectivity index (χ0) is 15.7. The molecule has 5 nitrogen and oxygen atoms in total. The molecule has 1 aliphatic rings. The molecule has 1 fully saturated rings. The van der Waals surface area contributed by atoms with Crippen LogP contribution in [-0.4, -0.2) is 44.1 Å². The number of ether oxygens (including phenoxy) is 1. The van der Waals surface area contributed by atoms with Crippen LogP contribution in [0.5, 0.6) is 5.75 Å². The number of benzene rings is 1. The first kappa shape index (κ1) is 14.9. The van der Waals surface area contributed by atoms with Crippen LogP contribution in [0, 0.1) is 6.92 Å². The first-order valence-corrected chi connectivity index (χ1v) is 7.65. The van der Waals surface area contributed by atoms with Crippen molar-refractivity contribution in [3.8, 4) is 5.75 Å². The van der Waals surface area contributed by atoms with Gasteiger partial charge in [-0.05, 0) is 58.1 Å². The lowest BCUT2D eigenvalue weighted by molar-refractivity contribution is 0.0890. The van der Waals surface area contributed by atoms with E-state index in [4.69, 9.17) is 9.15 Å². The molecule has 5 heteroatoms. The van der Waals surface area contributed by atoms with Crippen molar-refractivity contribution in [3.63, 3.8) is 0 Å². The monoisotopic (exact) mass is 302 g/mol. The lowest BCUT2D eigenvalue weighted by Gasteiger charge is -2.29. The normalized spacial score (nSPS) is 16.9. The van der Waals surface area contributed by atoms with Crippen LogP contribution >= 0.6 is 0 Å². The molecule has 0 radical (unpaired) electrons. The first-order chi connectivity index (χ1) is 10.6. The number of hydrogen-bond acceptors (Lipinski definition) is 4. The maximum Gasteiger partial charge on any atom is 0.287 e. The number of rotatable bonds is 3. The summed E-state index contributed by atoms with van der Waals surface area (Å²) in [6.07, 6.45) is 1.96. The number of piperidine rings is 1. The van der Waals surface area contributed by atoms with Gasteiger partial charge in [-0.25, -0.2) is 0 Å². The van der Waals surface area contributed by atoms with Crippen molar-refractivity contribution in [1.29, 1.82) is 0 Å². The highest BCUT2D eigenvalue weighted by Gasteiger charge is 2.23. The third kappa shape index (κ3) is 2.81. The minimum Gasteiger partial charge on any atom is -0.497 e. The Morgan fingerprint density at radius 3 is 2.77 bits per heavy atom. The number of carbonyl (C=O) groups excluding carboxylic acids is 1. The number of nitrogens with one attached hydrogen (secondary N) is 1. The van der Waals surface area contributed by atoms with E-state index in [0.717, 1.165) is 42.6 Å². The molecule has 0 unspecified atom stereocenters. The molecule has 118 valence electrons. The Labute approximate surface area is 130 Å². The molecule has 1 aromatic carbocycles. The number of fused-ring (bicyclic) bond motifs is 1. The van der Waals surface area contributed by atoms with Crippen LogP contribution in [0.15, 0.2) is 22.6 Å². The SMILES string of the molecule is COc1ccc2oc(C(=O)NC3CCN(C)CC3)c(C)c2c1. The van der Waals surface area contributed by atoms with Crippen molar-refractivity contribution in [1.82, 2.24) is 10.2 Å². The molecule has 1 saturated heterocycles. The maximum absolute atomic E-state index is 12.5. The van der Waals surface area contributed by atoms with Crippen molar-refractivity contribution in [3.05, 3.63) is 29.5 Å². The summed E-state index contributed by atoms with van der Waals surface area (Å²) < 4.78 is 11.0. The summed E-state index contributed by atoms with van der Waals surface area (Å²) in [6.45, 7) is 3.94. The Morgan fingerprint density at radius 2 is 2.09 bits per heavy atom. The van der Waals surface area contributed by atoms with Crippen LogP contribution in [-0.2, 0) is 0 Å². The molecule has 1 aliphatic heterocycles. The summed E-state index contributed by atoms with van der Waals surface area (Å²) in [6, 6.07) is 5.81. The second kappa shape index (κ2) is 6.01. The smallest absolute Gasteiger partial charge is 0.287 e. The van der Waals surface area contributed by atoms with Crippen molar-refractivity contribution < 1.29 is 13.9 Å². The third-order valence-electron chi connectivity index (χ3n) is 4.40. The molecular weight excluding hydrogens is 280 g/mol. The Kier molecular flexibility index (Phi) is 4.07. The number of methoxy groups -OCH3 is 1. The number of aryl methyl sites for hydroxylation is 1. The predicted molar refractivity (Wildman–Crippen MR) is 85.5 cm³/mol. The molecule has 2 aromatic rings. The average Bonchev–Trinajstić information content (AvgIpc) is 2.86. The van der Waals surface area contributed by atoms with E-state index in [0.29, 0.717) is 11.3 Å². The highest BCUT2D eigenvalue weighted by Crippen LogP contribution is 2.28. The molecule has 0 aliphatic carbocycles. The number of furan rings is 1. The number of likely N-dealkylation sites (tertiary alicyclic amines) is 1. The number of hydrogen-bond donors (Lipinski definition) is 1. The van der Waals surface area contributed by atoms with E-state index in [1.165, 1.54) is 0 Å². The van der Waals surface area contributed by atoms with Gasteiger partial charge in [0, 0.05) is 17.0 Å². The van der Waals surface area contributed by atoms with Gasteiger partial charge >= 0.3 is 0 Å². The first-order valence-electron chi connectivity index (χ1n) is 7.65. The summed E-state index contributed by atoms with van der Waals surface area (Å²) in [4.78, 5) is 14.8. The van der Waals surface area contributed by atoms with E-state index in [1.807, 2.05) is 25.1 Å². The Morgan fingerprint density at radius 1 is 1.36 bits per heavy atom. The van der Waals surface area contributed by atoms with Gasteiger partial charge in [-0.3, -0.25) is 4.79 Å². The van der Waals surface area contributed by atoms with Crippen molar-refractivity contribution in [2.45, 2.75) is 25.8 Å². The van der Waals surface area contributed by atoms with Gasteiger partial charge in [0.15, 0.2) is 5.76 Å². The quantitative estimate of drug-likeness (QED) is 0.947. The minimum absolute atomic E-state index is 0.123. The number of nitrogens with zero attached hydrogens (tertiary/aromatic N) is 1. The van der Waals surface area contributed by atoms with Crippen molar-refractivity contribution in [2.24, 2.45) is 0 Å². The second-order valence-electron chi connectivity index (χ2n) is 5.97. The number of carbonyl (C=O) groups is 1. The predicted octanol–water partition coefficient (Wildman–Crippen LogP) is 2.57. The van der Waals surface area contributed by atoms with Crippen LogP contribution in [0.4, 0.5) is 0 Å². The van der Waals surface area contributed by atoms with Crippen LogP contribution in [0.2, 0.25) is 0 Å². The number of amides is 1. The van der Waals surface area contributed by atoms with E-state index in [2.05, 4.69) is 17.3 Å². The highest BCUT2D eigenvalue weighted by atomic mass is 16.5. The topological polar surface area (TPSA) is 54.7 Å². The van der Waals surface area contributed by atoms with Gasteiger partial charge in [0.25, 0.3) is 5.91 Å². The minimum atomic E-state index is -0.123. The molecule has 2 heterocycles. The van der Waals surface area contributed by atoms with Crippen LogP contribution in [0.25, 0.3) is 11.0 Å². The third-order valence-corrected chi connectivity index (χ3v) is 4.40. The fourth-order valence-corrected chi connectivity index (χ4v) is 2.95. The van der Waals surface area contributed by atoms with Gasteiger partial charge in [0.2, 0.25) is 0 Å². The molecule has 0 spiro atoms. The Bertz CT molecular complexity index is 685. The molecule has 1 amide bonds. The Balaban J connectivity index is 1.80. The molecule has 1 N–H and O–H groups in total. The van der Waals surface area contributed by atoms with E-state index >= 15 is 0 Å². The standard InChI is InChI=1S/C17H22N2O3/c1-11-14-10-13(21-3)4-5-15(14)22-16(11)17(20)18-12-6-8-19(2)9-7-12/h4-5,10,12H,6-9H2,1-3H3,(H,18,20). The van der Waals surface area contributed by atoms with Crippen LogP contribution < -0.4 is 10.1 Å². The summed E-state index contributed by atoms with van der Waals surface area (Å²) in [5.74, 6) is 1.04. The van der Waals surface area contributed by atoms with Gasteiger partial charge in [0.1, 0.15) is 11.3 Å². The van der Waals surface area contributed by atoms with Gasteiger partial charge in [-0.1, -0.05) is 0 Å². The van der Waals surface area contributed by atoms with Crippen LogP contribution in [0.1, 0.15) is 29.0 Å². The lowest BCUT2D eigenvalue weighted by atomic mass is 10.1. The van der Waals surface area contributed by atoms with Crippen LogP contribution in [0.3, 0.4) is 0 Å². The Hall–Kier alpha value is -2.01. The highest BCUT2D eigenvalue weighted by molar-refractivity contribution is 5.99. The summed E-state index contributed by atoms with van der Waals surface area (Å²) >= 11 is 0.